The molecular weight excluding hydrogens is 330 g/mol. The molecule has 0 aromatic heterocycles. The Hall–Kier alpha value is -0.341. The quantitative estimate of drug-likeness (QED) is 0.569. The molecule has 1 nitrogen and oxygen atoms in total. The van der Waals surface area contributed by atoms with Crippen LogP contribution in [-0.2, 0) is 17.1 Å². The van der Waals surface area contributed by atoms with Gasteiger partial charge in [0.2, 0.25) is 0 Å². The topological polar surface area (TPSA) is 3.24 Å². The van der Waals surface area contributed by atoms with Crippen molar-refractivity contribution in [3.8, 4) is 0 Å². The molecule has 0 fully saturated rings. The number of halogens is 1. The SMILES string of the molecule is Cc1cc[c-](C(C)N(C)C)c1Br.[Fe].[cH-]1[cH-][cH-][cH-][cH-]1. The molecule has 0 saturated heterocycles. The summed E-state index contributed by atoms with van der Waals surface area (Å²) in [5, 5.41) is 0. The zero-order valence-electron chi connectivity index (χ0n) is 11.3. The van der Waals surface area contributed by atoms with E-state index >= 15 is 0 Å². The molecule has 1 atom stereocenters. The summed E-state index contributed by atoms with van der Waals surface area (Å²) in [7, 11) is 4.19. The van der Waals surface area contributed by atoms with Crippen molar-refractivity contribution in [2.45, 2.75) is 19.9 Å². The Bertz CT molecular complexity index is 400. The molecule has 0 aliphatic heterocycles. The molecule has 0 saturated carbocycles. The monoisotopic (exact) mass is 349 g/mol. The largest absolute Gasteiger partial charge is 0.748 e. The first-order valence-electron chi connectivity index (χ1n) is 5.78. The molecule has 106 valence electrons. The van der Waals surface area contributed by atoms with Crippen LogP contribution in [0, 0.1) is 6.92 Å². The Kier molecular flexibility index (Phi) is 8.54. The number of rotatable bonds is 2. The van der Waals surface area contributed by atoms with E-state index in [9.17, 15) is 0 Å². The van der Waals surface area contributed by atoms with E-state index in [1.165, 1.54) is 15.6 Å². The maximum atomic E-state index is 3.59. The summed E-state index contributed by atoms with van der Waals surface area (Å²) in [6.07, 6.45) is 0. The van der Waals surface area contributed by atoms with E-state index in [0.29, 0.717) is 6.04 Å². The first-order chi connectivity index (χ1) is 8.04. The maximum absolute atomic E-state index is 3.59. The Labute approximate surface area is 130 Å². The molecule has 0 amide bonds. The first-order valence-corrected chi connectivity index (χ1v) is 6.58. The second-order valence-electron chi connectivity index (χ2n) is 4.39. The van der Waals surface area contributed by atoms with Crippen LogP contribution in [0.5, 0.6) is 0 Å². The molecule has 2 rings (SSSR count). The van der Waals surface area contributed by atoms with Crippen molar-refractivity contribution in [1.82, 2.24) is 4.90 Å². The summed E-state index contributed by atoms with van der Waals surface area (Å²) in [5.41, 5.74) is 2.69. The standard InChI is InChI=1S/C10H15BrN.C5H5.Fe/c1-7-5-6-9(10(7)11)8(2)12(3)4;1-2-4-5-3-1;/h5-6,8H,1-4H3;1-5H;/q-1;-5;. The molecule has 18 heavy (non-hydrogen) atoms. The fraction of sp³-hybridized carbons (Fsp3) is 0.333. The molecule has 0 aliphatic rings. The third-order valence-electron chi connectivity index (χ3n) is 2.89. The Balaban J connectivity index is 0.000000405. The molecule has 0 aliphatic carbocycles. The van der Waals surface area contributed by atoms with Gasteiger partial charge in [0.15, 0.2) is 0 Å². The average molecular weight is 350 g/mol. The van der Waals surface area contributed by atoms with Gasteiger partial charge in [-0.15, -0.1) is 5.56 Å². The van der Waals surface area contributed by atoms with Crippen molar-refractivity contribution in [2.24, 2.45) is 0 Å². The number of hydrogen-bond acceptors (Lipinski definition) is 1. The second kappa shape index (κ2) is 8.71. The molecule has 0 radical (unpaired) electrons. The van der Waals surface area contributed by atoms with Gasteiger partial charge in [0, 0.05) is 17.1 Å². The summed E-state index contributed by atoms with van der Waals surface area (Å²) >= 11 is 3.59. The average Bonchev–Trinajstić information content (AvgIpc) is 2.94. The van der Waals surface area contributed by atoms with Gasteiger partial charge in [0.1, 0.15) is 0 Å². The van der Waals surface area contributed by atoms with E-state index in [4.69, 9.17) is 0 Å². The number of hydrogen-bond donors (Lipinski definition) is 0. The van der Waals surface area contributed by atoms with E-state index in [2.05, 4.69) is 60.9 Å². The molecule has 0 spiro atoms. The van der Waals surface area contributed by atoms with Crippen LogP contribution in [0.15, 0.2) is 46.9 Å². The van der Waals surface area contributed by atoms with Gasteiger partial charge in [0.05, 0.1) is 0 Å². The van der Waals surface area contributed by atoms with E-state index < -0.39 is 0 Å². The van der Waals surface area contributed by atoms with Crippen molar-refractivity contribution < 1.29 is 17.1 Å². The smallest absolute Gasteiger partial charge is 0 e. The third-order valence-corrected chi connectivity index (χ3v) is 3.98. The van der Waals surface area contributed by atoms with E-state index in [1.54, 1.807) is 0 Å². The molecule has 2 aromatic carbocycles. The minimum atomic E-state index is 0. The van der Waals surface area contributed by atoms with Crippen LogP contribution in [0.1, 0.15) is 24.1 Å². The minimum Gasteiger partial charge on any atom is -0.748 e. The van der Waals surface area contributed by atoms with E-state index in [0.717, 1.165) is 0 Å². The van der Waals surface area contributed by atoms with Crippen LogP contribution < -0.4 is 0 Å². The van der Waals surface area contributed by atoms with Crippen LogP contribution in [0.3, 0.4) is 0 Å². The molecular formula is C15H20BrFeN-6. The zero-order chi connectivity index (χ0) is 12.8. The Morgan fingerprint density at radius 1 is 1.17 bits per heavy atom. The van der Waals surface area contributed by atoms with Crippen LogP contribution in [0.4, 0.5) is 0 Å². The molecule has 0 heterocycles. The molecule has 3 heteroatoms. The zero-order valence-corrected chi connectivity index (χ0v) is 14.0. The normalized spacial score (nSPS) is 11.4. The van der Waals surface area contributed by atoms with Gasteiger partial charge >= 0.3 is 0 Å². The molecule has 2 aromatic rings. The summed E-state index contributed by atoms with van der Waals surface area (Å²) in [6.45, 7) is 4.33. The van der Waals surface area contributed by atoms with E-state index in [-0.39, 0.29) is 17.1 Å². The van der Waals surface area contributed by atoms with Gasteiger partial charge in [-0.1, -0.05) is 34.3 Å². The predicted octanol–water partition coefficient (Wildman–Crippen LogP) is 4.50. The van der Waals surface area contributed by atoms with Crippen molar-refractivity contribution >= 4 is 15.9 Å². The maximum Gasteiger partial charge on any atom is 0 e. The first kappa shape index (κ1) is 17.7. The van der Waals surface area contributed by atoms with Crippen molar-refractivity contribution in [1.29, 1.82) is 0 Å². The number of nitrogens with zero attached hydrogens (tertiary/aromatic N) is 1. The van der Waals surface area contributed by atoms with Gasteiger partial charge in [-0.05, 0) is 20.1 Å². The second-order valence-corrected chi connectivity index (χ2v) is 5.18. The van der Waals surface area contributed by atoms with Crippen molar-refractivity contribution in [3.05, 3.63) is 58.1 Å². The van der Waals surface area contributed by atoms with Crippen LogP contribution in [-0.4, -0.2) is 19.0 Å². The summed E-state index contributed by atoms with van der Waals surface area (Å²) in [5.74, 6) is 0. The van der Waals surface area contributed by atoms with Crippen LogP contribution in [0.2, 0.25) is 0 Å². The van der Waals surface area contributed by atoms with Gasteiger partial charge in [-0.3, -0.25) is 0 Å². The fourth-order valence-electron chi connectivity index (χ4n) is 1.51. The molecule has 0 N–H and O–H groups in total. The Morgan fingerprint density at radius 3 is 1.89 bits per heavy atom. The summed E-state index contributed by atoms with van der Waals surface area (Å²) in [4.78, 5) is 2.21. The van der Waals surface area contributed by atoms with Gasteiger partial charge in [0.25, 0.3) is 0 Å². The Morgan fingerprint density at radius 2 is 1.61 bits per heavy atom. The van der Waals surface area contributed by atoms with Crippen LogP contribution in [0.25, 0.3) is 0 Å². The molecule has 0 bridgehead atoms. The fourth-order valence-corrected chi connectivity index (χ4v) is 2.11. The predicted molar refractivity (Wildman–Crippen MR) is 78.6 cm³/mol. The third kappa shape index (κ3) is 5.11. The molecule has 1 unspecified atom stereocenters. The van der Waals surface area contributed by atoms with Gasteiger partial charge < -0.3 is 35.2 Å². The van der Waals surface area contributed by atoms with Gasteiger partial charge in [-0.25, -0.2) is 6.07 Å². The summed E-state index contributed by atoms with van der Waals surface area (Å²) < 4.78 is 1.25. The van der Waals surface area contributed by atoms with Crippen LogP contribution >= 0.6 is 15.9 Å². The van der Waals surface area contributed by atoms with Gasteiger partial charge in [-0.2, -0.15) is 11.6 Å². The van der Waals surface area contributed by atoms with Crippen molar-refractivity contribution in [3.63, 3.8) is 0 Å². The minimum absolute atomic E-state index is 0. The van der Waals surface area contributed by atoms with E-state index in [1.807, 2.05) is 30.3 Å². The summed E-state index contributed by atoms with van der Waals surface area (Å²) in [6, 6.07) is 14.8. The number of aryl methyl sites for hydroxylation is 1. The van der Waals surface area contributed by atoms with Crippen molar-refractivity contribution in [2.75, 3.05) is 14.1 Å².